The summed E-state index contributed by atoms with van der Waals surface area (Å²) in [5.74, 6) is 0.00206. The van der Waals surface area contributed by atoms with Crippen molar-refractivity contribution in [3.63, 3.8) is 0 Å². The smallest absolute Gasteiger partial charge is 0.319 e. The van der Waals surface area contributed by atoms with E-state index in [-0.39, 0.29) is 18.5 Å². The number of hydrogen-bond donors (Lipinski definition) is 2. The lowest BCUT2D eigenvalue weighted by molar-refractivity contribution is -0.136. The number of hydrogen-bond acceptors (Lipinski definition) is 5. The van der Waals surface area contributed by atoms with Crippen molar-refractivity contribution in [2.24, 2.45) is 0 Å². The van der Waals surface area contributed by atoms with E-state index in [1.54, 1.807) is 15.8 Å². The molecule has 30 heavy (non-hydrogen) atoms. The second-order valence-electron chi connectivity index (χ2n) is 7.88. The standard InChI is InChI=1S/C21H28N6O3/c28-19(26-11-13-30-14-12-26)16-27-15-18(24-25-27)21(9-5-2-6-10-21)23-20(29)22-17-7-3-1-4-8-17/h1,3-4,7-8,15H,2,5-6,9-14,16H2,(H2,22,23,29). The molecule has 1 aromatic carbocycles. The fourth-order valence-corrected chi connectivity index (χ4v) is 4.15. The van der Waals surface area contributed by atoms with Gasteiger partial charge < -0.3 is 20.3 Å². The zero-order chi connectivity index (χ0) is 20.8. The van der Waals surface area contributed by atoms with Gasteiger partial charge in [0.25, 0.3) is 0 Å². The normalized spacial score (nSPS) is 18.6. The number of aromatic nitrogens is 3. The average molecular weight is 412 g/mol. The number of carbonyl (C=O) groups is 2. The number of nitrogens with one attached hydrogen (secondary N) is 2. The van der Waals surface area contributed by atoms with Crippen LogP contribution in [0.5, 0.6) is 0 Å². The van der Waals surface area contributed by atoms with Gasteiger partial charge in [0.05, 0.1) is 24.9 Å². The van der Waals surface area contributed by atoms with E-state index in [2.05, 4.69) is 20.9 Å². The van der Waals surface area contributed by atoms with Gasteiger partial charge in [-0.15, -0.1) is 5.10 Å². The van der Waals surface area contributed by atoms with Crippen molar-refractivity contribution in [1.29, 1.82) is 0 Å². The Labute approximate surface area is 175 Å². The van der Waals surface area contributed by atoms with Gasteiger partial charge in [0.2, 0.25) is 5.91 Å². The van der Waals surface area contributed by atoms with Gasteiger partial charge in [0.1, 0.15) is 12.2 Å². The van der Waals surface area contributed by atoms with E-state index in [1.807, 2.05) is 30.3 Å². The number of nitrogens with zero attached hydrogens (tertiary/aromatic N) is 4. The molecule has 1 aliphatic heterocycles. The quantitative estimate of drug-likeness (QED) is 0.783. The maximum atomic E-state index is 12.7. The molecule has 1 saturated heterocycles. The van der Waals surface area contributed by atoms with E-state index in [4.69, 9.17) is 4.74 Å². The highest BCUT2D eigenvalue weighted by molar-refractivity contribution is 5.89. The lowest BCUT2D eigenvalue weighted by atomic mass is 9.79. The summed E-state index contributed by atoms with van der Waals surface area (Å²) in [5, 5.41) is 14.6. The Bertz CT molecular complexity index is 857. The maximum Gasteiger partial charge on any atom is 0.319 e. The molecule has 9 heteroatoms. The molecule has 2 fully saturated rings. The Kier molecular flexibility index (Phi) is 6.27. The van der Waals surface area contributed by atoms with Gasteiger partial charge in [-0.3, -0.25) is 4.79 Å². The Balaban J connectivity index is 1.45. The lowest BCUT2D eigenvalue weighted by Crippen LogP contribution is -2.49. The highest BCUT2D eigenvalue weighted by atomic mass is 16.5. The van der Waals surface area contributed by atoms with E-state index in [0.717, 1.165) is 37.8 Å². The first-order chi connectivity index (χ1) is 14.6. The number of benzene rings is 1. The first-order valence-electron chi connectivity index (χ1n) is 10.5. The molecule has 2 aromatic rings. The van der Waals surface area contributed by atoms with Gasteiger partial charge in [0, 0.05) is 18.8 Å². The van der Waals surface area contributed by atoms with Gasteiger partial charge in [-0.1, -0.05) is 42.7 Å². The molecule has 1 aliphatic carbocycles. The van der Waals surface area contributed by atoms with E-state index >= 15 is 0 Å². The van der Waals surface area contributed by atoms with Crippen LogP contribution in [0.3, 0.4) is 0 Å². The monoisotopic (exact) mass is 412 g/mol. The van der Waals surface area contributed by atoms with Crippen LogP contribution < -0.4 is 10.6 Å². The maximum absolute atomic E-state index is 12.7. The second-order valence-corrected chi connectivity index (χ2v) is 7.88. The van der Waals surface area contributed by atoms with Gasteiger partial charge in [-0.05, 0) is 25.0 Å². The second kappa shape index (κ2) is 9.25. The van der Waals surface area contributed by atoms with Crippen molar-refractivity contribution in [2.75, 3.05) is 31.6 Å². The summed E-state index contributed by atoms with van der Waals surface area (Å²) in [6.45, 7) is 2.48. The lowest BCUT2D eigenvalue weighted by Gasteiger charge is -2.36. The first kappa shape index (κ1) is 20.3. The van der Waals surface area contributed by atoms with Gasteiger partial charge in [-0.2, -0.15) is 0 Å². The van der Waals surface area contributed by atoms with Crippen molar-refractivity contribution in [3.8, 4) is 0 Å². The largest absolute Gasteiger partial charge is 0.378 e. The van der Waals surface area contributed by atoms with Gasteiger partial charge in [-0.25, -0.2) is 9.48 Å². The molecule has 0 unspecified atom stereocenters. The molecule has 0 bridgehead atoms. The Morgan fingerprint density at radius 3 is 2.53 bits per heavy atom. The summed E-state index contributed by atoms with van der Waals surface area (Å²) in [6.07, 6.45) is 6.53. The molecule has 3 amide bonds. The van der Waals surface area contributed by atoms with Crippen molar-refractivity contribution in [3.05, 3.63) is 42.2 Å². The van der Waals surface area contributed by atoms with E-state index in [9.17, 15) is 9.59 Å². The predicted octanol–water partition coefficient (Wildman–Crippen LogP) is 2.12. The van der Waals surface area contributed by atoms with E-state index < -0.39 is 5.54 Å². The highest BCUT2D eigenvalue weighted by Gasteiger charge is 2.38. The minimum absolute atomic E-state index is 0.00206. The SMILES string of the molecule is O=C(Nc1ccccc1)NC1(c2cn(CC(=O)N3CCOCC3)nn2)CCCCC1. The Morgan fingerprint density at radius 1 is 1.07 bits per heavy atom. The summed E-state index contributed by atoms with van der Waals surface area (Å²) in [5.41, 5.74) is 0.873. The Hall–Kier alpha value is -2.94. The number of anilines is 1. The predicted molar refractivity (Wildman–Crippen MR) is 111 cm³/mol. The average Bonchev–Trinajstić information content (AvgIpc) is 3.25. The highest BCUT2D eigenvalue weighted by Crippen LogP contribution is 2.36. The zero-order valence-corrected chi connectivity index (χ0v) is 17.0. The number of ether oxygens (including phenoxy) is 1. The third-order valence-electron chi connectivity index (χ3n) is 5.78. The van der Waals surface area contributed by atoms with Crippen LogP contribution in [0.1, 0.15) is 37.8 Å². The van der Waals surface area contributed by atoms with Crippen molar-refractivity contribution in [2.45, 2.75) is 44.2 Å². The van der Waals surface area contributed by atoms with Crippen molar-refractivity contribution < 1.29 is 14.3 Å². The van der Waals surface area contributed by atoms with Gasteiger partial charge >= 0.3 is 6.03 Å². The number of para-hydroxylation sites is 1. The number of amides is 3. The minimum atomic E-state index is -0.572. The third kappa shape index (κ3) is 4.79. The van der Waals surface area contributed by atoms with Crippen LogP contribution in [0.4, 0.5) is 10.5 Å². The molecule has 2 aliphatic rings. The summed E-state index contributed by atoms with van der Waals surface area (Å²) < 4.78 is 6.87. The molecule has 2 N–H and O–H groups in total. The van der Waals surface area contributed by atoms with Crippen LogP contribution in [0, 0.1) is 0 Å². The fraction of sp³-hybridized carbons (Fsp3) is 0.524. The van der Waals surface area contributed by atoms with Crippen LogP contribution >= 0.6 is 0 Å². The number of rotatable bonds is 5. The fourth-order valence-electron chi connectivity index (χ4n) is 4.15. The molecule has 9 nitrogen and oxygen atoms in total. The molecule has 4 rings (SSSR count). The van der Waals surface area contributed by atoms with Crippen LogP contribution in [0.25, 0.3) is 0 Å². The molecule has 0 atom stereocenters. The Morgan fingerprint density at radius 2 is 1.80 bits per heavy atom. The molecular weight excluding hydrogens is 384 g/mol. The van der Waals surface area contributed by atoms with Crippen molar-refractivity contribution in [1.82, 2.24) is 25.2 Å². The molecule has 160 valence electrons. The van der Waals surface area contributed by atoms with E-state index in [0.29, 0.717) is 32.0 Å². The number of urea groups is 1. The first-order valence-corrected chi connectivity index (χ1v) is 10.5. The zero-order valence-electron chi connectivity index (χ0n) is 17.0. The molecule has 0 spiro atoms. The number of carbonyl (C=O) groups excluding carboxylic acids is 2. The topological polar surface area (TPSA) is 101 Å². The van der Waals surface area contributed by atoms with Crippen LogP contribution in [0.2, 0.25) is 0 Å². The van der Waals surface area contributed by atoms with Crippen LogP contribution in [0.15, 0.2) is 36.5 Å². The molecular formula is C21H28N6O3. The molecule has 2 heterocycles. The van der Waals surface area contributed by atoms with Crippen LogP contribution in [-0.4, -0.2) is 58.1 Å². The van der Waals surface area contributed by atoms with Crippen LogP contribution in [-0.2, 0) is 21.6 Å². The molecule has 1 saturated carbocycles. The van der Waals surface area contributed by atoms with Gasteiger partial charge in [0.15, 0.2) is 0 Å². The molecule has 0 radical (unpaired) electrons. The summed E-state index contributed by atoms with van der Waals surface area (Å²) in [6, 6.07) is 9.09. The third-order valence-corrected chi connectivity index (χ3v) is 5.78. The minimum Gasteiger partial charge on any atom is -0.378 e. The number of morpholine rings is 1. The van der Waals surface area contributed by atoms with Crippen molar-refractivity contribution >= 4 is 17.6 Å². The molecule has 1 aromatic heterocycles. The van der Waals surface area contributed by atoms with E-state index in [1.165, 1.54) is 0 Å². The summed E-state index contributed by atoms with van der Waals surface area (Å²) in [4.78, 5) is 27.0. The summed E-state index contributed by atoms with van der Waals surface area (Å²) >= 11 is 0. The summed E-state index contributed by atoms with van der Waals surface area (Å²) in [7, 11) is 0.